The highest BCUT2D eigenvalue weighted by Crippen LogP contribution is 2.21. The lowest BCUT2D eigenvalue weighted by atomic mass is 10.1. The summed E-state index contributed by atoms with van der Waals surface area (Å²) in [6, 6.07) is 11.0. The maximum absolute atomic E-state index is 12.6. The van der Waals surface area contributed by atoms with Crippen molar-refractivity contribution in [3.8, 4) is 0 Å². The standard InChI is InChI=1S/C22H23N3O5S2/c1-4-30-20(26)12-18-13-31-22(23-18)24-21(27)16-6-8-17(9-7-16)25-32(28,29)19-10-5-14(2)15(3)11-19/h5-11,13,25H,4,12H2,1-3H3,(H,23,24,27). The maximum Gasteiger partial charge on any atom is 0.311 e. The third kappa shape index (κ3) is 5.92. The van der Waals surface area contributed by atoms with Gasteiger partial charge in [0.1, 0.15) is 0 Å². The van der Waals surface area contributed by atoms with Crippen molar-refractivity contribution in [3.05, 3.63) is 70.2 Å². The lowest BCUT2D eigenvalue weighted by Crippen LogP contribution is -2.14. The van der Waals surface area contributed by atoms with Crippen LogP contribution in [0.15, 0.2) is 52.7 Å². The number of amides is 1. The maximum atomic E-state index is 12.6. The van der Waals surface area contributed by atoms with E-state index in [9.17, 15) is 18.0 Å². The number of hydrogen-bond donors (Lipinski definition) is 2. The second kappa shape index (κ2) is 9.92. The first-order chi connectivity index (χ1) is 15.2. The number of nitrogens with one attached hydrogen (secondary N) is 2. The van der Waals surface area contributed by atoms with Crippen LogP contribution in [0.3, 0.4) is 0 Å². The Kier molecular flexibility index (Phi) is 7.26. The molecule has 8 nitrogen and oxygen atoms in total. The van der Waals surface area contributed by atoms with Crippen LogP contribution in [-0.4, -0.2) is 31.9 Å². The van der Waals surface area contributed by atoms with Crippen LogP contribution in [0.25, 0.3) is 0 Å². The van der Waals surface area contributed by atoms with E-state index in [0.717, 1.165) is 11.1 Å². The van der Waals surface area contributed by atoms with Gasteiger partial charge >= 0.3 is 5.97 Å². The minimum absolute atomic E-state index is 0.0373. The van der Waals surface area contributed by atoms with Gasteiger partial charge in [0.05, 0.1) is 23.6 Å². The summed E-state index contributed by atoms with van der Waals surface area (Å²) in [5.41, 5.74) is 3.08. The Labute approximate surface area is 190 Å². The van der Waals surface area contributed by atoms with Crippen LogP contribution < -0.4 is 10.0 Å². The highest BCUT2D eigenvalue weighted by molar-refractivity contribution is 7.92. The van der Waals surface area contributed by atoms with Crippen molar-refractivity contribution in [1.29, 1.82) is 0 Å². The van der Waals surface area contributed by atoms with Crippen molar-refractivity contribution < 1.29 is 22.7 Å². The van der Waals surface area contributed by atoms with Gasteiger partial charge in [0, 0.05) is 16.6 Å². The van der Waals surface area contributed by atoms with E-state index in [0.29, 0.717) is 28.7 Å². The average molecular weight is 474 g/mol. The van der Waals surface area contributed by atoms with E-state index in [4.69, 9.17) is 4.74 Å². The molecule has 1 amide bonds. The van der Waals surface area contributed by atoms with Crippen LogP contribution in [0.4, 0.5) is 10.8 Å². The summed E-state index contributed by atoms with van der Waals surface area (Å²) in [6.07, 6.45) is 0.0373. The number of sulfonamides is 1. The Morgan fingerprint density at radius 3 is 2.44 bits per heavy atom. The van der Waals surface area contributed by atoms with Gasteiger partial charge in [0.2, 0.25) is 0 Å². The van der Waals surface area contributed by atoms with Gasteiger partial charge in [-0.2, -0.15) is 0 Å². The normalized spacial score (nSPS) is 11.1. The quantitative estimate of drug-likeness (QED) is 0.479. The van der Waals surface area contributed by atoms with Gasteiger partial charge in [-0.05, 0) is 68.3 Å². The number of aryl methyl sites for hydroxylation is 2. The molecule has 3 rings (SSSR count). The largest absolute Gasteiger partial charge is 0.466 e. The van der Waals surface area contributed by atoms with Crippen LogP contribution in [-0.2, 0) is 26.0 Å². The Balaban J connectivity index is 1.64. The fourth-order valence-corrected chi connectivity index (χ4v) is 4.61. The molecule has 0 aliphatic heterocycles. The molecule has 2 N–H and O–H groups in total. The molecule has 0 atom stereocenters. The van der Waals surface area contributed by atoms with Crippen LogP contribution in [0, 0.1) is 13.8 Å². The summed E-state index contributed by atoms with van der Waals surface area (Å²) < 4.78 is 32.6. The summed E-state index contributed by atoms with van der Waals surface area (Å²) in [5, 5.41) is 4.70. The fraction of sp³-hybridized carbons (Fsp3) is 0.227. The Bertz CT molecular complexity index is 1230. The van der Waals surface area contributed by atoms with Gasteiger partial charge in [-0.15, -0.1) is 11.3 Å². The zero-order chi connectivity index (χ0) is 23.3. The Hall–Kier alpha value is -3.24. The summed E-state index contributed by atoms with van der Waals surface area (Å²) in [7, 11) is -3.74. The molecular formula is C22H23N3O5S2. The second-order valence-corrected chi connectivity index (χ2v) is 9.55. The Morgan fingerprint density at radius 1 is 1.06 bits per heavy atom. The lowest BCUT2D eigenvalue weighted by Gasteiger charge is -2.10. The molecule has 0 saturated carbocycles. The molecular weight excluding hydrogens is 450 g/mol. The molecule has 0 fully saturated rings. The summed E-state index contributed by atoms with van der Waals surface area (Å²) in [6.45, 7) is 5.79. The number of rotatable bonds is 8. The molecule has 0 aliphatic carbocycles. The van der Waals surface area contributed by atoms with Gasteiger partial charge in [0.15, 0.2) is 5.13 Å². The minimum Gasteiger partial charge on any atom is -0.466 e. The molecule has 0 bridgehead atoms. The molecule has 1 aromatic heterocycles. The third-order valence-corrected chi connectivity index (χ3v) is 6.78. The molecule has 168 valence electrons. The van der Waals surface area contributed by atoms with Gasteiger partial charge in [-0.25, -0.2) is 13.4 Å². The highest BCUT2D eigenvalue weighted by Gasteiger charge is 2.16. The number of carbonyl (C=O) groups is 2. The van der Waals surface area contributed by atoms with Crippen LogP contribution in [0.1, 0.15) is 34.1 Å². The van der Waals surface area contributed by atoms with E-state index in [-0.39, 0.29) is 17.3 Å². The van der Waals surface area contributed by atoms with Gasteiger partial charge < -0.3 is 4.74 Å². The first-order valence-corrected chi connectivity index (χ1v) is 12.2. The van der Waals surface area contributed by atoms with Crippen molar-refractivity contribution in [2.24, 2.45) is 0 Å². The third-order valence-electron chi connectivity index (χ3n) is 4.59. The number of ether oxygens (including phenoxy) is 1. The van der Waals surface area contributed by atoms with E-state index >= 15 is 0 Å². The fourth-order valence-electron chi connectivity index (χ4n) is 2.76. The molecule has 10 heteroatoms. The van der Waals surface area contributed by atoms with Crippen LogP contribution in [0.2, 0.25) is 0 Å². The van der Waals surface area contributed by atoms with E-state index < -0.39 is 15.9 Å². The molecule has 1 heterocycles. The number of anilines is 2. The average Bonchev–Trinajstić information content (AvgIpc) is 3.16. The van der Waals surface area contributed by atoms with Crippen LogP contribution in [0.5, 0.6) is 0 Å². The summed E-state index contributed by atoms with van der Waals surface area (Å²) in [4.78, 5) is 28.4. The van der Waals surface area contributed by atoms with E-state index in [1.54, 1.807) is 30.5 Å². The SMILES string of the molecule is CCOC(=O)Cc1csc(NC(=O)c2ccc(NS(=O)(=O)c3ccc(C)c(C)c3)cc2)n1. The van der Waals surface area contributed by atoms with E-state index in [2.05, 4.69) is 15.0 Å². The molecule has 0 unspecified atom stereocenters. The summed E-state index contributed by atoms with van der Waals surface area (Å²) in [5.74, 6) is -0.778. The monoisotopic (exact) mass is 473 g/mol. The highest BCUT2D eigenvalue weighted by atomic mass is 32.2. The first-order valence-electron chi connectivity index (χ1n) is 9.79. The van der Waals surface area contributed by atoms with Gasteiger partial charge in [-0.1, -0.05) is 6.07 Å². The molecule has 0 radical (unpaired) electrons. The number of hydrogen-bond acceptors (Lipinski definition) is 7. The molecule has 32 heavy (non-hydrogen) atoms. The molecule has 0 saturated heterocycles. The molecule has 0 spiro atoms. The topological polar surface area (TPSA) is 114 Å². The van der Waals surface area contributed by atoms with Crippen molar-refractivity contribution in [2.45, 2.75) is 32.1 Å². The van der Waals surface area contributed by atoms with Gasteiger partial charge in [0.25, 0.3) is 15.9 Å². The Morgan fingerprint density at radius 2 is 1.78 bits per heavy atom. The lowest BCUT2D eigenvalue weighted by molar-refractivity contribution is -0.142. The van der Waals surface area contributed by atoms with E-state index in [1.807, 2.05) is 13.8 Å². The number of thiazole rings is 1. The number of esters is 1. The smallest absolute Gasteiger partial charge is 0.311 e. The van der Waals surface area contributed by atoms with Crippen molar-refractivity contribution >= 4 is 44.1 Å². The van der Waals surface area contributed by atoms with Crippen molar-refractivity contribution in [2.75, 3.05) is 16.6 Å². The number of carbonyl (C=O) groups excluding carboxylic acids is 2. The zero-order valence-corrected chi connectivity index (χ0v) is 19.5. The first kappa shape index (κ1) is 23.4. The molecule has 3 aromatic rings. The predicted octanol–water partition coefficient (Wildman–Crippen LogP) is 3.92. The predicted molar refractivity (Wildman–Crippen MR) is 124 cm³/mol. The van der Waals surface area contributed by atoms with Crippen molar-refractivity contribution in [3.63, 3.8) is 0 Å². The minimum atomic E-state index is -3.74. The van der Waals surface area contributed by atoms with Crippen LogP contribution >= 0.6 is 11.3 Å². The number of nitrogens with zero attached hydrogens (tertiary/aromatic N) is 1. The zero-order valence-electron chi connectivity index (χ0n) is 17.8. The molecule has 0 aliphatic rings. The van der Waals surface area contributed by atoms with E-state index in [1.165, 1.54) is 35.6 Å². The summed E-state index contributed by atoms with van der Waals surface area (Å²) >= 11 is 1.20. The van der Waals surface area contributed by atoms with Gasteiger partial charge in [-0.3, -0.25) is 19.6 Å². The number of aromatic nitrogens is 1. The second-order valence-electron chi connectivity index (χ2n) is 7.01. The number of benzene rings is 2. The van der Waals surface area contributed by atoms with Crippen molar-refractivity contribution in [1.82, 2.24) is 4.98 Å². The molecule has 2 aromatic carbocycles.